The first-order valence-corrected chi connectivity index (χ1v) is 7.87. The summed E-state index contributed by atoms with van der Waals surface area (Å²) >= 11 is 0. The summed E-state index contributed by atoms with van der Waals surface area (Å²) in [6.07, 6.45) is 6.07. The van der Waals surface area contributed by atoms with Crippen molar-refractivity contribution in [1.29, 1.82) is 0 Å². The maximum absolute atomic E-state index is 11.3. The predicted octanol–water partition coefficient (Wildman–Crippen LogP) is 4.24. The molecule has 1 aromatic rings. The molecule has 0 fully saturated rings. The predicted molar refractivity (Wildman–Crippen MR) is 82.0 cm³/mol. The van der Waals surface area contributed by atoms with Crippen LogP contribution in [0.3, 0.4) is 0 Å². The van der Waals surface area contributed by atoms with Gasteiger partial charge in [0, 0.05) is 0 Å². The Morgan fingerprint density at radius 1 is 1.25 bits per heavy atom. The van der Waals surface area contributed by atoms with Crippen molar-refractivity contribution in [3.05, 3.63) is 34.9 Å². The summed E-state index contributed by atoms with van der Waals surface area (Å²) < 4.78 is 0. The van der Waals surface area contributed by atoms with Gasteiger partial charge in [-0.2, -0.15) is 0 Å². The Morgan fingerprint density at radius 3 is 2.50 bits per heavy atom. The van der Waals surface area contributed by atoms with Crippen LogP contribution in [-0.4, -0.2) is 11.1 Å². The van der Waals surface area contributed by atoms with E-state index in [0.717, 1.165) is 12.8 Å². The number of carbonyl (C=O) groups is 1. The molecular formula is C18H26O2. The van der Waals surface area contributed by atoms with Crippen LogP contribution in [-0.2, 0) is 24.1 Å². The quantitative estimate of drug-likeness (QED) is 0.842. The zero-order valence-corrected chi connectivity index (χ0v) is 12.9. The van der Waals surface area contributed by atoms with E-state index >= 15 is 0 Å². The molecular weight excluding hydrogens is 248 g/mol. The molecule has 0 amide bonds. The van der Waals surface area contributed by atoms with Crippen molar-refractivity contribution in [1.82, 2.24) is 0 Å². The fourth-order valence-electron chi connectivity index (χ4n) is 3.53. The monoisotopic (exact) mass is 274 g/mol. The van der Waals surface area contributed by atoms with Gasteiger partial charge in [0.2, 0.25) is 0 Å². The van der Waals surface area contributed by atoms with Crippen molar-refractivity contribution in [2.45, 2.75) is 59.3 Å². The van der Waals surface area contributed by atoms with Crippen LogP contribution in [0.25, 0.3) is 0 Å². The molecule has 0 aliphatic heterocycles. The number of aliphatic carboxylic acids is 1. The maximum Gasteiger partial charge on any atom is 0.306 e. The first-order chi connectivity index (χ1) is 9.55. The number of hydrogen-bond donors (Lipinski definition) is 1. The molecule has 2 nitrogen and oxygen atoms in total. The molecule has 2 rings (SSSR count). The van der Waals surface area contributed by atoms with Gasteiger partial charge in [0.1, 0.15) is 0 Å². The summed E-state index contributed by atoms with van der Waals surface area (Å²) in [7, 11) is 0. The van der Waals surface area contributed by atoms with Crippen molar-refractivity contribution >= 4 is 5.97 Å². The Balaban J connectivity index is 2.28. The zero-order chi connectivity index (χ0) is 14.8. The van der Waals surface area contributed by atoms with Gasteiger partial charge in [-0.05, 0) is 60.6 Å². The van der Waals surface area contributed by atoms with Crippen LogP contribution in [0, 0.1) is 11.3 Å². The molecule has 1 aliphatic carbocycles. The average Bonchev–Trinajstić information content (AvgIpc) is 2.84. The summed E-state index contributed by atoms with van der Waals surface area (Å²) in [5.74, 6) is -0.917. The number of fused-ring (bicyclic) bond motifs is 1. The molecule has 0 spiro atoms. The number of carboxylic acids is 1. The third-order valence-corrected chi connectivity index (χ3v) is 5.30. The minimum Gasteiger partial charge on any atom is -0.481 e. The van der Waals surface area contributed by atoms with Crippen molar-refractivity contribution in [2.24, 2.45) is 11.3 Å². The lowest BCUT2D eigenvalue weighted by Gasteiger charge is -2.25. The van der Waals surface area contributed by atoms with Gasteiger partial charge >= 0.3 is 5.97 Å². The van der Waals surface area contributed by atoms with Gasteiger partial charge in [-0.3, -0.25) is 4.79 Å². The molecule has 110 valence electrons. The van der Waals surface area contributed by atoms with Crippen molar-refractivity contribution in [2.75, 3.05) is 0 Å². The molecule has 1 atom stereocenters. The highest BCUT2D eigenvalue weighted by Gasteiger charge is 2.35. The lowest BCUT2D eigenvalue weighted by atomic mass is 9.79. The van der Waals surface area contributed by atoms with E-state index < -0.39 is 5.97 Å². The number of rotatable bonds is 6. The molecule has 0 bridgehead atoms. The summed E-state index contributed by atoms with van der Waals surface area (Å²) in [5, 5.41) is 9.28. The molecule has 0 aromatic heterocycles. The van der Waals surface area contributed by atoms with Gasteiger partial charge < -0.3 is 5.11 Å². The van der Waals surface area contributed by atoms with Crippen LogP contribution < -0.4 is 0 Å². The van der Waals surface area contributed by atoms with Crippen LogP contribution in [0.2, 0.25) is 0 Å². The smallest absolute Gasteiger partial charge is 0.306 e. The van der Waals surface area contributed by atoms with Crippen molar-refractivity contribution in [3.63, 3.8) is 0 Å². The van der Waals surface area contributed by atoms with Crippen LogP contribution in [0.5, 0.6) is 0 Å². The van der Waals surface area contributed by atoms with Gasteiger partial charge in [0.25, 0.3) is 0 Å². The van der Waals surface area contributed by atoms with E-state index in [1.807, 2.05) is 6.92 Å². The lowest BCUT2D eigenvalue weighted by Crippen LogP contribution is -2.19. The molecule has 20 heavy (non-hydrogen) atoms. The van der Waals surface area contributed by atoms with Gasteiger partial charge in [-0.25, -0.2) is 0 Å². The van der Waals surface area contributed by atoms with Crippen LogP contribution >= 0.6 is 0 Å². The third-order valence-electron chi connectivity index (χ3n) is 5.30. The highest BCUT2D eigenvalue weighted by Crippen LogP contribution is 2.43. The zero-order valence-electron chi connectivity index (χ0n) is 12.9. The van der Waals surface area contributed by atoms with E-state index in [0.29, 0.717) is 18.3 Å². The summed E-state index contributed by atoms with van der Waals surface area (Å²) in [6, 6.07) is 6.46. The van der Waals surface area contributed by atoms with Gasteiger partial charge in [0.05, 0.1) is 5.92 Å². The molecule has 1 N–H and O–H groups in total. The maximum atomic E-state index is 11.3. The van der Waals surface area contributed by atoms with Crippen LogP contribution in [0.4, 0.5) is 0 Å². The Labute approximate surface area is 122 Å². The van der Waals surface area contributed by atoms with Crippen molar-refractivity contribution in [3.8, 4) is 0 Å². The Hall–Kier alpha value is -1.31. The van der Waals surface area contributed by atoms with E-state index in [-0.39, 0.29) is 5.92 Å². The topological polar surface area (TPSA) is 37.3 Å². The summed E-state index contributed by atoms with van der Waals surface area (Å²) in [6.45, 7) is 6.52. The summed E-state index contributed by atoms with van der Waals surface area (Å²) in [5.41, 5.74) is 4.56. The first-order valence-electron chi connectivity index (χ1n) is 7.87. The molecule has 1 aliphatic rings. The average molecular weight is 274 g/mol. The van der Waals surface area contributed by atoms with E-state index in [2.05, 4.69) is 32.0 Å². The Kier molecular flexibility index (Phi) is 4.52. The molecule has 2 heteroatoms. The van der Waals surface area contributed by atoms with E-state index in [1.165, 1.54) is 29.5 Å². The fourth-order valence-corrected chi connectivity index (χ4v) is 3.53. The number of carboxylic acid groups (broad SMARTS) is 1. The molecule has 0 saturated carbocycles. The lowest BCUT2D eigenvalue weighted by molar-refractivity contribution is -0.141. The SMILES string of the molecule is CCC(Cc1cccc2c1CC(CC)(CC)C2)C(=O)O. The normalized spacial score (nSPS) is 17.8. The molecule has 1 aromatic carbocycles. The van der Waals surface area contributed by atoms with Gasteiger partial charge in [-0.15, -0.1) is 0 Å². The largest absolute Gasteiger partial charge is 0.481 e. The Morgan fingerprint density at radius 2 is 1.95 bits per heavy atom. The number of benzene rings is 1. The molecule has 0 saturated heterocycles. The molecule has 0 heterocycles. The second-order valence-electron chi connectivity index (χ2n) is 6.26. The van der Waals surface area contributed by atoms with E-state index in [1.54, 1.807) is 0 Å². The highest BCUT2D eigenvalue weighted by atomic mass is 16.4. The minimum absolute atomic E-state index is 0.250. The minimum atomic E-state index is -0.666. The highest BCUT2D eigenvalue weighted by molar-refractivity contribution is 5.70. The second kappa shape index (κ2) is 5.99. The second-order valence-corrected chi connectivity index (χ2v) is 6.26. The summed E-state index contributed by atoms with van der Waals surface area (Å²) in [4.78, 5) is 11.3. The van der Waals surface area contributed by atoms with Crippen LogP contribution in [0.15, 0.2) is 18.2 Å². The standard InChI is InChI=1S/C18H26O2/c1-4-13(17(19)20)10-14-8-7-9-15-11-18(5-2,6-3)12-16(14)15/h7-9,13H,4-6,10-12H2,1-3H3,(H,19,20). The Bertz CT molecular complexity index is 486. The third kappa shape index (κ3) is 2.74. The van der Waals surface area contributed by atoms with Crippen molar-refractivity contribution < 1.29 is 9.90 Å². The molecule has 1 unspecified atom stereocenters. The van der Waals surface area contributed by atoms with Crippen LogP contribution in [0.1, 0.15) is 56.7 Å². The van der Waals surface area contributed by atoms with Gasteiger partial charge in [-0.1, -0.05) is 39.0 Å². The van der Waals surface area contributed by atoms with E-state index in [4.69, 9.17) is 0 Å². The number of hydrogen-bond acceptors (Lipinski definition) is 1. The fraction of sp³-hybridized carbons (Fsp3) is 0.611. The van der Waals surface area contributed by atoms with Gasteiger partial charge in [0.15, 0.2) is 0 Å². The first kappa shape index (κ1) is 15.1. The van der Waals surface area contributed by atoms with E-state index in [9.17, 15) is 9.90 Å². The molecule has 0 radical (unpaired) electrons.